The third-order valence-electron chi connectivity index (χ3n) is 2.11. The lowest BCUT2D eigenvalue weighted by molar-refractivity contribution is -0.120. The van der Waals surface area contributed by atoms with Gasteiger partial charge in [0.05, 0.1) is 0 Å². The highest BCUT2D eigenvalue weighted by molar-refractivity contribution is 7.81. The predicted molar refractivity (Wildman–Crippen MR) is 60.0 cm³/mol. The van der Waals surface area contributed by atoms with E-state index in [0.29, 0.717) is 0 Å². The Morgan fingerprint density at radius 1 is 1.50 bits per heavy atom. The van der Waals surface area contributed by atoms with Gasteiger partial charge in [-0.3, -0.25) is 10.2 Å². The number of hydrazine groups is 1. The van der Waals surface area contributed by atoms with Gasteiger partial charge in [0.25, 0.3) is 5.91 Å². The highest BCUT2D eigenvalue weighted by atomic mass is 32.1. The summed E-state index contributed by atoms with van der Waals surface area (Å²) in [7, 11) is 0. The molecule has 0 aliphatic heterocycles. The Morgan fingerprint density at radius 3 is 2.64 bits per heavy atom. The van der Waals surface area contributed by atoms with Crippen molar-refractivity contribution in [1.82, 2.24) is 5.43 Å². The lowest BCUT2D eigenvalue weighted by Gasteiger charge is -2.12. The molecule has 0 aromatic heterocycles. The van der Waals surface area contributed by atoms with E-state index >= 15 is 0 Å². The van der Waals surface area contributed by atoms with E-state index in [0.717, 1.165) is 11.1 Å². The Kier molecular flexibility index (Phi) is 3.55. The number of nitrogens with one attached hydrogen (secondary N) is 1. The molecule has 0 aliphatic carbocycles. The maximum absolute atomic E-state index is 11.2. The van der Waals surface area contributed by atoms with Gasteiger partial charge in [-0.25, -0.2) is 5.84 Å². The monoisotopic (exact) mass is 210 g/mol. The topological polar surface area (TPSA) is 55.1 Å². The minimum absolute atomic E-state index is 0.291. The van der Waals surface area contributed by atoms with Crippen LogP contribution in [0.1, 0.15) is 21.9 Å². The fraction of sp³-hybridized carbons (Fsp3) is 0.300. The number of rotatable bonds is 2. The van der Waals surface area contributed by atoms with E-state index in [1.165, 1.54) is 5.56 Å². The summed E-state index contributed by atoms with van der Waals surface area (Å²) in [5.41, 5.74) is 5.20. The molecule has 0 radical (unpaired) electrons. The number of hydrogen-bond acceptors (Lipinski definition) is 3. The zero-order valence-electron chi connectivity index (χ0n) is 8.24. The van der Waals surface area contributed by atoms with Crippen molar-refractivity contribution in [2.75, 3.05) is 0 Å². The molecule has 0 saturated carbocycles. The van der Waals surface area contributed by atoms with Crippen LogP contribution in [0.15, 0.2) is 18.2 Å². The number of benzene rings is 1. The first kappa shape index (κ1) is 11.1. The van der Waals surface area contributed by atoms with Crippen molar-refractivity contribution < 1.29 is 4.79 Å². The van der Waals surface area contributed by atoms with Gasteiger partial charge in [0.1, 0.15) is 5.25 Å². The molecule has 1 aromatic rings. The molecule has 3 nitrogen and oxygen atoms in total. The van der Waals surface area contributed by atoms with E-state index in [9.17, 15) is 4.79 Å². The molecule has 0 saturated heterocycles. The summed E-state index contributed by atoms with van der Waals surface area (Å²) in [4.78, 5) is 11.2. The van der Waals surface area contributed by atoms with Gasteiger partial charge in [-0.05, 0) is 25.0 Å². The molecule has 1 aromatic carbocycles. The van der Waals surface area contributed by atoms with Crippen molar-refractivity contribution in [1.29, 1.82) is 0 Å². The Labute approximate surface area is 89.1 Å². The lowest BCUT2D eigenvalue weighted by Crippen LogP contribution is -2.33. The third kappa shape index (κ3) is 2.27. The minimum Gasteiger partial charge on any atom is -0.293 e. The zero-order chi connectivity index (χ0) is 10.7. The van der Waals surface area contributed by atoms with Crippen LogP contribution in [0.4, 0.5) is 0 Å². The molecule has 1 amide bonds. The van der Waals surface area contributed by atoms with Gasteiger partial charge < -0.3 is 0 Å². The van der Waals surface area contributed by atoms with Gasteiger partial charge in [0, 0.05) is 0 Å². The van der Waals surface area contributed by atoms with Crippen molar-refractivity contribution in [2.45, 2.75) is 19.1 Å². The van der Waals surface area contributed by atoms with Crippen LogP contribution in [0.25, 0.3) is 0 Å². The highest BCUT2D eigenvalue weighted by Gasteiger charge is 2.16. The summed E-state index contributed by atoms with van der Waals surface area (Å²) in [5, 5.41) is -0.499. The summed E-state index contributed by atoms with van der Waals surface area (Å²) in [6, 6.07) is 5.87. The lowest BCUT2D eigenvalue weighted by atomic mass is 10.0. The molecule has 0 spiro atoms. The Morgan fingerprint density at radius 2 is 2.14 bits per heavy atom. The molecule has 0 heterocycles. The molecule has 76 valence electrons. The second-order valence-electron chi connectivity index (χ2n) is 3.27. The van der Waals surface area contributed by atoms with Gasteiger partial charge in [0.2, 0.25) is 0 Å². The molecule has 1 atom stereocenters. The van der Waals surface area contributed by atoms with Gasteiger partial charge in [0.15, 0.2) is 0 Å². The molecule has 14 heavy (non-hydrogen) atoms. The first-order valence-corrected chi connectivity index (χ1v) is 4.83. The molecule has 1 rings (SSSR count). The number of carbonyl (C=O) groups excluding carboxylic acids is 1. The Hall–Kier alpha value is -1.00. The summed E-state index contributed by atoms with van der Waals surface area (Å²) in [5.74, 6) is 4.75. The second kappa shape index (κ2) is 4.48. The molecule has 0 fully saturated rings. The van der Waals surface area contributed by atoms with Gasteiger partial charge in [-0.2, -0.15) is 12.6 Å². The van der Waals surface area contributed by atoms with Crippen molar-refractivity contribution in [3.63, 3.8) is 0 Å². The summed E-state index contributed by atoms with van der Waals surface area (Å²) < 4.78 is 0. The van der Waals surface area contributed by atoms with Crippen molar-refractivity contribution in [3.05, 3.63) is 34.9 Å². The Bertz CT molecular complexity index is 352. The maximum Gasteiger partial charge on any atom is 0.251 e. The summed E-state index contributed by atoms with van der Waals surface area (Å²) in [6.45, 7) is 3.96. The predicted octanol–water partition coefficient (Wildman–Crippen LogP) is 1.26. The van der Waals surface area contributed by atoms with Gasteiger partial charge >= 0.3 is 0 Å². The quantitative estimate of drug-likeness (QED) is 0.298. The van der Waals surface area contributed by atoms with Crippen LogP contribution in [0, 0.1) is 13.8 Å². The molecule has 0 aliphatic rings. The molecule has 4 heteroatoms. The fourth-order valence-corrected chi connectivity index (χ4v) is 1.72. The highest BCUT2D eigenvalue weighted by Crippen LogP contribution is 2.23. The average molecular weight is 210 g/mol. The normalized spacial score (nSPS) is 12.3. The first-order chi connectivity index (χ1) is 6.56. The number of hydrogen-bond donors (Lipinski definition) is 3. The van der Waals surface area contributed by atoms with Crippen LogP contribution in [-0.4, -0.2) is 5.91 Å². The number of carbonyl (C=O) groups is 1. The molecule has 3 N–H and O–H groups in total. The zero-order valence-corrected chi connectivity index (χ0v) is 9.14. The fourth-order valence-electron chi connectivity index (χ4n) is 1.35. The maximum atomic E-state index is 11.2. The summed E-state index contributed by atoms with van der Waals surface area (Å²) in [6.07, 6.45) is 0. The smallest absolute Gasteiger partial charge is 0.251 e. The van der Waals surface area contributed by atoms with Gasteiger partial charge in [-0.1, -0.05) is 23.8 Å². The van der Waals surface area contributed by atoms with Crippen LogP contribution in [-0.2, 0) is 4.79 Å². The number of amides is 1. The molecular weight excluding hydrogens is 196 g/mol. The molecule has 1 unspecified atom stereocenters. The van der Waals surface area contributed by atoms with E-state index in [1.54, 1.807) is 0 Å². The average Bonchev–Trinajstić information content (AvgIpc) is 2.15. The van der Waals surface area contributed by atoms with E-state index in [2.05, 4.69) is 18.1 Å². The number of thiol groups is 1. The van der Waals surface area contributed by atoms with Crippen molar-refractivity contribution in [3.8, 4) is 0 Å². The van der Waals surface area contributed by atoms with Gasteiger partial charge in [-0.15, -0.1) is 0 Å². The number of aryl methyl sites for hydroxylation is 2. The number of nitrogens with two attached hydrogens (primary N) is 1. The molecular formula is C10H14N2OS. The standard InChI is InChI=1S/C10H14N2OS/c1-6-3-4-8(7(2)5-6)9(14)10(13)12-11/h3-5,9,14H,11H2,1-2H3,(H,12,13). The third-order valence-corrected chi connectivity index (χ3v) is 2.62. The van der Waals surface area contributed by atoms with Crippen LogP contribution >= 0.6 is 12.6 Å². The van der Waals surface area contributed by atoms with Crippen molar-refractivity contribution >= 4 is 18.5 Å². The first-order valence-electron chi connectivity index (χ1n) is 4.32. The SMILES string of the molecule is Cc1ccc(C(S)C(=O)NN)c(C)c1. The largest absolute Gasteiger partial charge is 0.293 e. The van der Waals surface area contributed by atoms with Crippen LogP contribution < -0.4 is 11.3 Å². The van der Waals surface area contributed by atoms with E-state index in [-0.39, 0.29) is 5.91 Å². The van der Waals surface area contributed by atoms with Crippen LogP contribution in [0.3, 0.4) is 0 Å². The minimum atomic E-state index is -0.499. The Balaban J connectivity index is 3.01. The summed E-state index contributed by atoms with van der Waals surface area (Å²) >= 11 is 4.21. The van der Waals surface area contributed by atoms with E-state index in [1.807, 2.05) is 32.0 Å². The van der Waals surface area contributed by atoms with Crippen molar-refractivity contribution in [2.24, 2.45) is 5.84 Å². The van der Waals surface area contributed by atoms with Crippen LogP contribution in [0.5, 0.6) is 0 Å². The molecule has 0 bridgehead atoms. The van der Waals surface area contributed by atoms with E-state index in [4.69, 9.17) is 5.84 Å². The second-order valence-corrected chi connectivity index (χ2v) is 3.79. The van der Waals surface area contributed by atoms with E-state index < -0.39 is 5.25 Å². The van der Waals surface area contributed by atoms with Crippen LogP contribution in [0.2, 0.25) is 0 Å².